The first-order valence-corrected chi connectivity index (χ1v) is 5.92. The van der Waals surface area contributed by atoms with Gasteiger partial charge in [-0.2, -0.15) is 5.10 Å². The number of nitrogens with one attached hydrogen (secondary N) is 1. The molecule has 2 heterocycles. The first-order chi connectivity index (χ1) is 7.84. The predicted octanol–water partition coefficient (Wildman–Crippen LogP) is 2.07. The van der Waals surface area contributed by atoms with E-state index in [1.54, 1.807) is 10.6 Å². The van der Waals surface area contributed by atoms with E-state index in [9.17, 15) is 4.79 Å². The minimum atomic E-state index is -0.0272. The number of hydrogen-bond donors (Lipinski definition) is 1. The molecule has 1 aliphatic rings. The SMILES string of the molecule is O=c1[nH]c(C2CCCCC2)nn2cccc12. The molecule has 0 saturated heterocycles. The molecular formula is C12H15N3O. The van der Waals surface area contributed by atoms with Crippen molar-refractivity contribution in [1.29, 1.82) is 0 Å². The summed E-state index contributed by atoms with van der Waals surface area (Å²) in [5.74, 6) is 1.29. The summed E-state index contributed by atoms with van der Waals surface area (Å²) in [7, 11) is 0. The van der Waals surface area contributed by atoms with E-state index >= 15 is 0 Å². The second kappa shape index (κ2) is 3.77. The Kier molecular flexibility index (Phi) is 2.27. The molecule has 0 unspecified atom stereocenters. The highest BCUT2D eigenvalue weighted by molar-refractivity contribution is 5.43. The van der Waals surface area contributed by atoms with Gasteiger partial charge in [0.2, 0.25) is 0 Å². The van der Waals surface area contributed by atoms with Crippen LogP contribution in [0.4, 0.5) is 0 Å². The molecule has 1 aliphatic carbocycles. The summed E-state index contributed by atoms with van der Waals surface area (Å²) in [6.45, 7) is 0. The maximum Gasteiger partial charge on any atom is 0.275 e. The summed E-state index contributed by atoms with van der Waals surface area (Å²) in [6, 6.07) is 3.64. The van der Waals surface area contributed by atoms with Gasteiger partial charge in [-0.15, -0.1) is 0 Å². The van der Waals surface area contributed by atoms with Crippen LogP contribution in [0.3, 0.4) is 0 Å². The molecule has 4 heteroatoms. The summed E-state index contributed by atoms with van der Waals surface area (Å²) in [5.41, 5.74) is 0.597. The fourth-order valence-corrected chi connectivity index (χ4v) is 2.52. The van der Waals surface area contributed by atoms with Crippen LogP contribution in [0.25, 0.3) is 5.52 Å². The number of rotatable bonds is 1. The van der Waals surface area contributed by atoms with Gasteiger partial charge in [0, 0.05) is 12.1 Å². The molecule has 0 amide bonds. The second-order valence-electron chi connectivity index (χ2n) is 4.51. The van der Waals surface area contributed by atoms with Crippen molar-refractivity contribution in [3.63, 3.8) is 0 Å². The summed E-state index contributed by atoms with van der Waals surface area (Å²) < 4.78 is 1.68. The Morgan fingerprint density at radius 2 is 2.12 bits per heavy atom. The number of aromatic amines is 1. The number of nitrogens with zero attached hydrogens (tertiary/aromatic N) is 2. The quantitative estimate of drug-likeness (QED) is 0.795. The Hall–Kier alpha value is -1.58. The van der Waals surface area contributed by atoms with Crippen LogP contribution in [0.15, 0.2) is 23.1 Å². The van der Waals surface area contributed by atoms with Gasteiger partial charge in [0.1, 0.15) is 11.3 Å². The molecule has 0 radical (unpaired) electrons. The van der Waals surface area contributed by atoms with E-state index in [4.69, 9.17) is 0 Å². The van der Waals surface area contributed by atoms with Crippen molar-refractivity contribution in [3.8, 4) is 0 Å². The van der Waals surface area contributed by atoms with E-state index in [0.717, 1.165) is 18.7 Å². The topological polar surface area (TPSA) is 50.2 Å². The normalized spacial score (nSPS) is 18.0. The van der Waals surface area contributed by atoms with Crippen molar-refractivity contribution in [2.75, 3.05) is 0 Å². The van der Waals surface area contributed by atoms with Gasteiger partial charge < -0.3 is 4.98 Å². The average Bonchev–Trinajstić information content (AvgIpc) is 2.79. The third-order valence-electron chi connectivity index (χ3n) is 3.41. The van der Waals surface area contributed by atoms with Crippen molar-refractivity contribution < 1.29 is 0 Å². The second-order valence-corrected chi connectivity index (χ2v) is 4.51. The standard InChI is InChI=1S/C12H15N3O/c16-12-10-7-4-8-15(10)14-11(13-12)9-5-2-1-3-6-9/h4,7-9H,1-3,5-6H2,(H,13,14,16). The largest absolute Gasteiger partial charge is 0.307 e. The Morgan fingerprint density at radius 1 is 1.31 bits per heavy atom. The average molecular weight is 217 g/mol. The van der Waals surface area contributed by atoms with E-state index in [1.807, 2.05) is 12.3 Å². The zero-order valence-corrected chi connectivity index (χ0v) is 9.15. The van der Waals surface area contributed by atoms with E-state index < -0.39 is 0 Å². The monoisotopic (exact) mass is 217 g/mol. The molecular weight excluding hydrogens is 202 g/mol. The molecule has 0 atom stereocenters. The van der Waals surface area contributed by atoms with Gasteiger partial charge in [-0.3, -0.25) is 4.79 Å². The minimum absolute atomic E-state index is 0.0272. The third kappa shape index (κ3) is 1.54. The van der Waals surface area contributed by atoms with Gasteiger partial charge in [-0.25, -0.2) is 4.52 Å². The molecule has 2 aromatic rings. The van der Waals surface area contributed by atoms with Gasteiger partial charge in [0.05, 0.1) is 0 Å². The van der Waals surface area contributed by atoms with Gasteiger partial charge in [-0.05, 0) is 25.0 Å². The summed E-state index contributed by atoms with van der Waals surface area (Å²) >= 11 is 0. The molecule has 84 valence electrons. The lowest BCUT2D eigenvalue weighted by molar-refractivity contribution is 0.423. The maximum atomic E-state index is 11.8. The van der Waals surface area contributed by atoms with Crippen LogP contribution in [0.5, 0.6) is 0 Å². The van der Waals surface area contributed by atoms with Crippen molar-refractivity contribution >= 4 is 5.52 Å². The molecule has 0 spiro atoms. The highest BCUT2D eigenvalue weighted by atomic mass is 16.1. The maximum absolute atomic E-state index is 11.8. The van der Waals surface area contributed by atoms with E-state index in [1.165, 1.54) is 19.3 Å². The van der Waals surface area contributed by atoms with Crippen LogP contribution < -0.4 is 5.56 Å². The molecule has 0 aliphatic heterocycles. The van der Waals surface area contributed by atoms with Crippen LogP contribution in [0, 0.1) is 0 Å². The van der Waals surface area contributed by atoms with Gasteiger partial charge in [0.25, 0.3) is 5.56 Å². The zero-order chi connectivity index (χ0) is 11.0. The number of H-pyrrole nitrogens is 1. The van der Waals surface area contributed by atoms with Crippen LogP contribution in [0.1, 0.15) is 43.8 Å². The van der Waals surface area contributed by atoms with Crippen molar-refractivity contribution in [2.24, 2.45) is 0 Å². The third-order valence-corrected chi connectivity index (χ3v) is 3.41. The summed E-state index contributed by atoms with van der Waals surface area (Å²) in [5, 5.41) is 4.48. The molecule has 0 bridgehead atoms. The molecule has 4 nitrogen and oxygen atoms in total. The first kappa shape index (κ1) is 9.63. The Labute approximate surface area is 93.3 Å². The van der Waals surface area contributed by atoms with Gasteiger partial charge in [0.15, 0.2) is 0 Å². The van der Waals surface area contributed by atoms with Gasteiger partial charge >= 0.3 is 0 Å². The lowest BCUT2D eigenvalue weighted by atomic mass is 9.89. The van der Waals surface area contributed by atoms with Crippen molar-refractivity contribution in [2.45, 2.75) is 38.0 Å². The molecule has 16 heavy (non-hydrogen) atoms. The fraction of sp³-hybridized carbons (Fsp3) is 0.500. The Balaban J connectivity index is 2.06. The van der Waals surface area contributed by atoms with E-state index in [0.29, 0.717) is 11.4 Å². The highest BCUT2D eigenvalue weighted by Gasteiger charge is 2.18. The fourth-order valence-electron chi connectivity index (χ4n) is 2.52. The van der Waals surface area contributed by atoms with E-state index in [2.05, 4.69) is 10.1 Å². The highest BCUT2D eigenvalue weighted by Crippen LogP contribution is 2.29. The van der Waals surface area contributed by atoms with Crippen LogP contribution in [-0.4, -0.2) is 14.6 Å². The molecule has 1 fully saturated rings. The van der Waals surface area contributed by atoms with E-state index in [-0.39, 0.29) is 5.56 Å². The Bertz CT molecular complexity index is 549. The zero-order valence-electron chi connectivity index (χ0n) is 9.15. The number of aromatic nitrogens is 3. The van der Waals surface area contributed by atoms with Gasteiger partial charge in [-0.1, -0.05) is 19.3 Å². The summed E-state index contributed by atoms with van der Waals surface area (Å²) in [6.07, 6.45) is 7.94. The minimum Gasteiger partial charge on any atom is -0.307 e. The molecule has 1 N–H and O–H groups in total. The molecule has 1 saturated carbocycles. The lowest BCUT2D eigenvalue weighted by Crippen LogP contribution is -2.19. The Morgan fingerprint density at radius 3 is 2.94 bits per heavy atom. The molecule has 0 aromatic carbocycles. The van der Waals surface area contributed by atoms with Crippen LogP contribution in [0.2, 0.25) is 0 Å². The number of hydrogen-bond acceptors (Lipinski definition) is 2. The lowest BCUT2D eigenvalue weighted by Gasteiger charge is -2.20. The first-order valence-electron chi connectivity index (χ1n) is 5.92. The molecule has 2 aromatic heterocycles. The van der Waals surface area contributed by atoms with Crippen molar-refractivity contribution in [3.05, 3.63) is 34.5 Å². The molecule has 3 rings (SSSR count). The predicted molar refractivity (Wildman–Crippen MR) is 61.6 cm³/mol. The summed E-state index contributed by atoms with van der Waals surface area (Å²) in [4.78, 5) is 14.7. The van der Waals surface area contributed by atoms with Crippen LogP contribution >= 0.6 is 0 Å². The number of fused-ring (bicyclic) bond motifs is 1. The van der Waals surface area contributed by atoms with Crippen molar-refractivity contribution in [1.82, 2.24) is 14.6 Å². The van der Waals surface area contributed by atoms with Crippen LogP contribution in [-0.2, 0) is 0 Å². The smallest absolute Gasteiger partial charge is 0.275 e.